The van der Waals surface area contributed by atoms with Crippen LogP contribution < -0.4 is 0 Å². The quantitative estimate of drug-likeness (QED) is 0.676. The van der Waals surface area contributed by atoms with Crippen LogP contribution in [-0.2, 0) is 4.79 Å². The molecule has 2 amide bonds. The van der Waals surface area contributed by atoms with Gasteiger partial charge in [-0.05, 0) is 34.8 Å². The molecule has 2 aromatic rings. The van der Waals surface area contributed by atoms with Gasteiger partial charge in [0, 0.05) is 18.7 Å². The molecule has 0 aliphatic carbocycles. The number of benzene rings is 2. The van der Waals surface area contributed by atoms with Crippen molar-refractivity contribution >= 4 is 17.6 Å². The number of carboxylic acid groups (broad SMARTS) is 1. The zero-order valence-corrected chi connectivity index (χ0v) is 18.8. The molecule has 0 spiro atoms. The summed E-state index contributed by atoms with van der Waals surface area (Å²) in [5.74, 6) is -1.69. The first-order valence-corrected chi connectivity index (χ1v) is 10.7. The first-order chi connectivity index (χ1) is 15.6. The molecule has 2 atom stereocenters. The number of aliphatic hydroxyl groups is 1. The number of rotatable bonds is 6. The van der Waals surface area contributed by atoms with E-state index in [0.29, 0.717) is 11.1 Å². The van der Waals surface area contributed by atoms with Crippen LogP contribution in [0.25, 0.3) is 5.57 Å². The summed E-state index contributed by atoms with van der Waals surface area (Å²) in [6.45, 7) is 4.67. The molecule has 1 aliphatic heterocycles. The van der Waals surface area contributed by atoms with E-state index in [1.54, 1.807) is 51.1 Å². The van der Waals surface area contributed by atoms with Crippen LogP contribution in [0.1, 0.15) is 37.9 Å². The van der Waals surface area contributed by atoms with Gasteiger partial charge in [0.05, 0.1) is 12.6 Å². The van der Waals surface area contributed by atoms with Crippen molar-refractivity contribution in [2.45, 2.75) is 32.9 Å². The smallest absolute Gasteiger partial charge is 0.408 e. The number of aliphatic hydroxyl groups excluding tert-OH is 1. The average Bonchev–Trinajstić information content (AvgIpc) is 3.19. The number of halogens is 2. The van der Waals surface area contributed by atoms with Gasteiger partial charge >= 0.3 is 6.09 Å². The van der Waals surface area contributed by atoms with Gasteiger partial charge in [-0.15, -0.1) is 0 Å². The summed E-state index contributed by atoms with van der Waals surface area (Å²) < 4.78 is 28.7. The van der Waals surface area contributed by atoms with Gasteiger partial charge in [0.25, 0.3) is 0 Å². The first-order valence-electron chi connectivity index (χ1n) is 10.7. The molecule has 3 rings (SSSR count). The van der Waals surface area contributed by atoms with Crippen molar-refractivity contribution in [2.24, 2.45) is 5.41 Å². The summed E-state index contributed by atoms with van der Waals surface area (Å²) in [5.41, 5.74) is 0.383. The standard InChI is InChI=1S/C25H28F2N2O4/c1-25(2,3)22(29(13-14-30)24(32)33)23(31)28-12-11-18(19-15-17(26)9-10-20(19)27)21(28)16-7-5-4-6-8-16/h4-11,15,21-22,30H,12-14H2,1-3H3,(H,32,33)/t21-,22+/m0/s1. The molecule has 1 aliphatic rings. The molecule has 6 nitrogen and oxygen atoms in total. The van der Waals surface area contributed by atoms with Crippen molar-refractivity contribution in [1.29, 1.82) is 0 Å². The van der Waals surface area contributed by atoms with Gasteiger partial charge < -0.3 is 15.1 Å². The molecule has 2 N–H and O–H groups in total. The third-order valence-corrected chi connectivity index (χ3v) is 5.70. The van der Waals surface area contributed by atoms with Gasteiger partial charge in [0.15, 0.2) is 0 Å². The summed E-state index contributed by atoms with van der Waals surface area (Å²) >= 11 is 0. The Bertz CT molecular complexity index is 1050. The largest absolute Gasteiger partial charge is 0.465 e. The van der Waals surface area contributed by atoms with Crippen molar-refractivity contribution in [3.05, 3.63) is 77.4 Å². The molecular weight excluding hydrogens is 430 g/mol. The predicted molar refractivity (Wildman–Crippen MR) is 120 cm³/mol. The van der Waals surface area contributed by atoms with Gasteiger partial charge in [-0.1, -0.05) is 57.2 Å². The van der Waals surface area contributed by atoms with Crippen LogP contribution in [0.2, 0.25) is 0 Å². The molecule has 8 heteroatoms. The van der Waals surface area contributed by atoms with Crippen LogP contribution in [0.5, 0.6) is 0 Å². The highest BCUT2D eigenvalue weighted by Crippen LogP contribution is 2.42. The minimum absolute atomic E-state index is 0.0527. The van der Waals surface area contributed by atoms with Crippen LogP contribution in [0, 0.1) is 17.0 Å². The van der Waals surface area contributed by atoms with Crippen molar-refractivity contribution in [3.8, 4) is 0 Å². The van der Waals surface area contributed by atoms with Gasteiger partial charge in [-0.2, -0.15) is 0 Å². The molecule has 0 saturated heterocycles. The van der Waals surface area contributed by atoms with Crippen molar-refractivity contribution in [2.75, 3.05) is 19.7 Å². The van der Waals surface area contributed by atoms with E-state index in [1.165, 1.54) is 4.90 Å². The lowest BCUT2D eigenvalue weighted by Crippen LogP contribution is -2.57. The highest BCUT2D eigenvalue weighted by molar-refractivity contribution is 5.90. The van der Waals surface area contributed by atoms with E-state index in [1.807, 2.05) is 6.07 Å². The lowest BCUT2D eigenvalue weighted by molar-refractivity contribution is -0.141. The molecule has 2 aromatic carbocycles. The Kier molecular flexibility index (Phi) is 7.17. The second kappa shape index (κ2) is 9.70. The maximum absolute atomic E-state index is 14.7. The lowest BCUT2D eigenvalue weighted by atomic mass is 9.84. The van der Waals surface area contributed by atoms with E-state index < -0.39 is 47.7 Å². The van der Waals surface area contributed by atoms with E-state index in [4.69, 9.17) is 0 Å². The van der Waals surface area contributed by atoms with E-state index in [2.05, 4.69) is 0 Å². The first kappa shape index (κ1) is 24.4. The summed E-state index contributed by atoms with van der Waals surface area (Å²) in [4.78, 5) is 28.2. The molecule has 0 bridgehead atoms. The topological polar surface area (TPSA) is 81.1 Å². The number of nitrogens with zero attached hydrogens (tertiary/aromatic N) is 2. The Balaban J connectivity index is 2.10. The van der Waals surface area contributed by atoms with Crippen LogP contribution in [0.3, 0.4) is 0 Å². The maximum atomic E-state index is 14.7. The fourth-order valence-corrected chi connectivity index (χ4v) is 4.34. The van der Waals surface area contributed by atoms with Gasteiger partial charge in [0.1, 0.15) is 17.7 Å². The van der Waals surface area contributed by atoms with Crippen LogP contribution in [0.4, 0.5) is 13.6 Å². The van der Waals surface area contributed by atoms with E-state index in [0.717, 1.165) is 23.1 Å². The Morgan fingerprint density at radius 3 is 2.39 bits per heavy atom. The van der Waals surface area contributed by atoms with Crippen molar-refractivity contribution in [1.82, 2.24) is 9.80 Å². The summed E-state index contributed by atoms with van der Waals surface area (Å²) in [6, 6.07) is 10.3. The second-order valence-electron chi connectivity index (χ2n) is 9.06. The Morgan fingerprint density at radius 1 is 1.15 bits per heavy atom. The molecule has 0 saturated carbocycles. The number of hydrogen-bond donors (Lipinski definition) is 2. The van der Waals surface area contributed by atoms with Crippen LogP contribution in [0.15, 0.2) is 54.6 Å². The zero-order chi connectivity index (χ0) is 24.3. The highest BCUT2D eigenvalue weighted by atomic mass is 19.1. The monoisotopic (exact) mass is 458 g/mol. The van der Waals surface area contributed by atoms with Crippen molar-refractivity contribution < 1.29 is 28.6 Å². The Morgan fingerprint density at radius 2 is 1.82 bits per heavy atom. The molecule has 0 aromatic heterocycles. The van der Waals surface area contributed by atoms with E-state index in [9.17, 15) is 28.6 Å². The molecular formula is C25H28F2N2O4. The number of amides is 2. The molecule has 33 heavy (non-hydrogen) atoms. The minimum Gasteiger partial charge on any atom is -0.465 e. The molecule has 0 radical (unpaired) electrons. The van der Waals surface area contributed by atoms with Gasteiger partial charge in [0.2, 0.25) is 5.91 Å². The molecule has 176 valence electrons. The summed E-state index contributed by atoms with van der Waals surface area (Å²) in [7, 11) is 0. The fourth-order valence-electron chi connectivity index (χ4n) is 4.34. The summed E-state index contributed by atoms with van der Waals surface area (Å²) in [5, 5.41) is 19.2. The normalized spacial score (nSPS) is 17.0. The van der Waals surface area contributed by atoms with E-state index >= 15 is 0 Å². The lowest BCUT2D eigenvalue weighted by Gasteiger charge is -2.41. The third-order valence-electron chi connectivity index (χ3n) is 5.70. The van der Waals surface area contributed by atoms with E-state index in [-0.39, 0.29) is 18.7 Å². The van der Waals surface area contributed by atoms with Crippen LogP contribution >= 0.6 is 0 Å². The number of hydrogen-bond acceptors (Lipinski definition) is 3. The van der Waals surface area contributed by atoms with Gasteiger partial charge in [-0.3, -0.25) is 9.69 Å². The van der Waals surface area contributed by atoms with Crippen molar-refractivity contribution in [3.63, 3.8) is 0 Å². The third kappa shape index (κ3) is 5.06. The average molecular weight is 459 g/mol. The Hall–Kier alpha value is -3.26. The highest BCUT2D eigenvalue weighted by Gasteiger charge is 2.45. The molecule has 1 heterocycles. The fraction of sp³-hybridized carbons (Fsp3) is 0.360. The van der Waals surface area contributed by atoms with Crippen LogP contribution in [-0.4, -0.2) is 57.8 Å². The minimum atomic E-state index is -1.32. The SMILES string of the molecule is CC(C)(C)[C@@H](C(=O)N1CC=C(c2cc(F)ccc2F)[C@@H]1c1ccccc1)N(CCO)C(=O)O. The molecule has 0 unspecified atom stereocenters. The molecule has 0 fully saturated rings. The zero-order valence-electron chi connectivity index (χ0n) is 18.8. The predicted octanol–water partition coefficient (Wildman–Crippen LogP) is 4.32. The number of carbonyl (C=O) groups is 2. The van der Waals surface area contributed by atoms with Gasteiger partial charge in [-0.25, -0.2) is 13.6 Å². The second-order valence-corrected chi connectivity index (χ2v) is 9.06. The summed E-state index contributed by atoms with van der Waals surface area (Å²) in [6.07, 6.45) is 0.349. The Labute approximate surface area is 191 Å². The number of carbonyl (C=O) groups excluding carboxylic acids is 1. The maximum Gasteiger partial charge on any atom is 0.408 e.